The van der Waals surface area contributed by atoms with Crippen LogP contribution in [0.4, 0.5) is 5.88 Å². The number of oxazole rings is 1. The molecule has 0 radical (unpaired) electrons. The van der Waals surface area contributed by atoms with Crippen LogP contribution in [0.15, 0.2) is 69.5 Å². The number of benzene rings is 2. The lowest BCUT2D eigenvalue weighted by Gasteiger charge is -2.12. The zero-order valence-corrected chi connectivity index (χ0v) is 17.7. The van der Waals surface area contributed by atoms with Crippen LogP contribution in [0.3, 0.4) is 0 Å². The van der Waals surface area contributed by atoms with Crippen LogP contribution in [0.1, 0.15) is 41.1 Å². The van der Waals surface area contributed by atoms with Gasteiger partial charge < -0.3 is 18.9 Å². The highest BCUT2D eigenvalue weighted by Crippen LogP contribution is 2.30. The van der Waals surface area contributed by atoms with Crippen molar-refractivity contribution in [2.45, 2.75) is 33.4 Å². The number of nitrogens with one attached hydrogen (secondary N) is 1. The molecular weight excluding hydrogens is 390 g/mol. The van der Waals surface area contributed by atoms with E-state index in [4.69, 9.17) is 13.6 Å². The standard InChI is InChI=1S/C25H23N3O3/c1-16-9-10-17(2)23(13-16)29-15-20-11-12-22(30-20)25-28-21(14-26)24(31-25)27-18(3)19-7-5-4-6-8-19/h4-13,18,27H,15H2,1-3H3/t18-/m0/s1. The number of nitrogens with zero attached hydrogens (tertiary/aromatic N) is 2. The van der Waals surface area contributed by atoms with Gasteiger partial charge in [-0.15, -0.1) is 0 Å². The molecule has 4 rings (SSSR count). The van der Waals surface area contributed by atoms with Crippen molar-refractivity contribution in [2.24, 2.45) is 0 Å². The molecule has 31 heavy (non-hydrogen) atoms. The second-order valence-corrected chi connectivity index (χ2v) is 7.41. The summed E-state index contributed by atoms with van der Waals surface area (Å²) >= 11 is 0. The molecule has 1 N–H and O–H groups in total. The fourth-order valence-corrected chi connectivity index (χ4v) is 3.20. The third-order valence-corrected chi connectivity index (χ3v) is 4.97. The first-order valence-corrected chi connectivity index (χ1v) is 10.0. The van der Waals surface area contributed by atoms with Crippen LogP contribution in [0.25, 0.3) is 11.7 Å². The molecule has 0 fully saturated rings. The molecule has 1 atom stereocenters. The van der Waals surface area contributed by atoms with Gasteiger partial charge in [-0.2, -0.15) is 10.2 Å². The molecule has 6 heteroatoms. The first kappa shape index (κ1) is 20.3. The van der Waals surface area contributed by atoms with E-state index >= 15 is 0 Å². The van der Waals surface area contributed by atoms with Crippen LogP contribution < -0.4 is 10.1 Å². The monoisotopic (exact) mass is 413 g/mol. The molecule has 2 aromatic carbocycles. The molecule has 6 nitrogen and oxygen atoms in total. The Morgan fingerprint density at radius 3 is 2.65 bits per heavy atom. The average Bonchev–Trinajstić information content (AvgIpc) is 3.42. The predicted molar refractivity (Wildman–Crippen MR) is 118 cm³/mol. The minimum atomic E-state index is -0.0489. The lowest BCUT2D eigenvalue weighted by atomic mass is 10.1. The van der Waals surface area contributed by atoms with E-state index in [0.717, 1.165) is 22.4 Å². The van der Waals surface area contributed by atoms with E-state index < -0.39 is 0 Å². The van der Waals surface area contributed by atoms with Gasteiger partial charge in [0.1, 0.15) is 24.2 Å². The topological polar surface area (TPSA) is 84.2 Å². The predicted octanol–water partition coefficient (Wildman–Crippen LogP) is 6.18. The smallest absolute Gasteiger partial charge is 0.266 e. The zero-order chi connectivity index (χ0) is 21.8. The summed E-state index contributed by atoms with van der Waals surface area (Å²) < 4.78 is 17.6. The van der Waals surface area contributed by atoms with E-state index in [0.29, 0.717) is 17.4 Å². The van der Waals surface area contributed by atoms with Crippen molar-refractivity contribution in [3.63, 3.8) is 0 Å². The molecule has 0 aliphatic carbocycles. The molecule has 0 unspecified atom stereocenters. The molecule has 0 saturated carbocycles. The second kappa shape index (κ2) is 8.80. The quantitative estimate of drug-likeness (QED) is 0.390. The second-order valence-electron chi connectivity index (χ2n) is 7.41. The highest BCUT2D eigenvalue weighted by molar-refractivity contribution is 5.55. The summed E-state index contributed by atoms with van der Waals surface area (Å²) in [6, 6.07) is 21.6. The number of hydrogen-bond donors (Lipinski definition) is 1. The van der Waals surface area contributed by atoms with Gasteiger partial charge in [-0.05, 0) is 55.7 Å². The van der Waals surface area contributed by atoms with Crippen molar-refractivity contribution in [3.05, 3.63) is 88.8 Å². The average molecular weight is 413 g/mol. The van der Waals surface area contributed by atoms with Crippen LogP contribution in [0.2, 0.25) is 0 Å². The van der Waals surface area contributed by atoms with Gasteiger partial charge in [-0.3, -0.25) is 0 Å². The Morgan fingerprint density at radius 1 is 1.06 bits per heavy atom. The Morgan fingerprint density at radius 2 is 1.87 bits per heavy atom. The van der Waals surface area contributed by atoms with Crippen molar-refractivity contribution >= 4 is 5.88 Å². The van der Waals surface area contributed by atoms with Crippen molar-refractivity contribution in [1.29, 1.82) is 5.26 Å². The molecule has 0 spiro atoms. The van der Waals surface area contributed by atoms with Crippen LogP contribution in [-0.2, 0) is 6.61 Å². The minimum Gasteiger partial charge on any atom is -0.485 e. The van der Waals surface area contributed by atoms with Gasteiger partial charge in [0.25, 0.3) is 5.89 Å². The number of anilines is 1. The molecule has 4 aromatic rings. The Bertz CT molecular complexity index is 1220. The zero-order valence-electron chi connectivity index (χ0n) is 17.7. The molecule has 156 valence electrons. The van der Waals surface area contributed by atoms with E-state index in [-0.39, 0.29) is 24.2 Å². The SMILES string of the molecule is Cc1ccc(C)c(OCc2ccc(-c3nc(C#N)c(N[C@@H](C)c4ccccc4)o3)o2)c1. The highest BCUT2D eigenvalue weighted by Gasteiger charge is 2.19. The van der Waals surface area contributed by atoms with E-state index in [1.54, 1.807) is 6.07 Å². The maximum absolute atomic E-state index is 9.46. The van der Waals surface area contributed by atoms with E-state index in [9.17, 15) is 5.26 Å². The van der Waals surface area contributed by atoms with E-state index in [1.807, 2.05) is 75.4 Å². The van der Waals surface area contributed by atoms with Gasteiger partial charge in [0.15, 0.2) is 5.76 Å². The van der Waals surface area contributed by atoms with Crippen LogP contribution in [0.5, 0.6) is 5.75 Å². The molecule has 0 aliphatic rings. The number of aryl methyl sites for hydroxylation is 2. The lowest BCUT2D eigenvalue weighted by Crippen LogP contribution is -2.06. The lowest BCUT2D eigenvalue weighted by molar-refractivity contribution is 0.269. The number of nitriles is 1. The summed E-state index contributed by atoms with van der Waals surface area (Å²) in [6.07, 6.45) is 0. The normalized spacial score (nSPS) is 11.7. The fourth-order valence-electron chi connectivity index (χ4n) is 3.20. The molecule has 0 bridgehead atoms. The van der Waals surface area contributed by atoms with Crippen molar-refractivity contribution in [1.82, 2.24) is 4.98 Å². The largest absolute Gasteiger partial charge is 0.485 e. The summed E-state index contributed by atoms with van der Waals surface area (Å²) in [5, 5.41) is 12.7. The van der Waals surface area contributed by atoms with E-state index in [2.05, 4.69) is 16.4 Å². The Hall–Kier alpha value is -3.98. The van der Waals surface area contributed by atoms with E-state index in [1.165, 1.54) is 0 Å². The van der Waals surface area contributed by atoms with Gasteiger partial charge in [-0.25, -0.2) is 0 Å². The summed E-state index contributed by atoms with van der Waals surface area (Å²) in [5.41, 5.74) is 3.46. The highest BCUT2D eigenvalue weighted by atomic mass is 16.5. The minimum absolute atomic E-state index is 0.0489. The number of rotatable bonds is 7. The molecule has 0 aliphatic heterocycles. The maximum Gasteiger partial charge on any atom is 0.266 e. The van der Waals surface area contributed by atoms with Gasteiger partial charge in [0.05, 0.1) is 6.04 Å². The Kier molecular flexibility index (Phi) is 5.76. The Labute approximate surface area is 181 Å². The first-order valence-electron chi connectivity index (χ1n) is 10.0. The van der Waals surface area contributed by atoms with Gasteiger partial charge in [0, 0.05) is 0 Å². The molecule has 2 heterocycles. The molecular formula is C25H23N3O3. The maximum atomic E-state index is 9.46. The number of furan rings is 1. The molecule has 0 saturated heterocycles. The van der Waals surface area contributed by atoms with Crippen molar-refractivity contribution < 1.29 is 13.6 Å². The van der Waals surface area contributed by atoms with Gasteiger partial charge in [0.2, 0.25) is 11.6 Å². The summed E-state index contributed by atoms with van der Waals surface area (Å²) in [6.45, 7) is 6.31. The van der Waals surface area contributed by atoms with Gasteiger partial charge in [-0.1, -0.05) is 42.5 Å². The third kappa shape index (κ3) is 4.62. The van der Waals surface area contributed by atoms with Crippen LogP contribution in [-0.4, -0.2) is 4.98 Å². The number of ether oxygens (including phenoxy) is 1. The molecule has 2 aromatic heterocycles. The summed E-state index contributed by atoms with van der Waals surface area (Å²) in [7, 11) is 0. The summed E-state index contributed by atoms with van der Waals surface area (Å²) in [5.74, 6) is 2.47. The summed E-state index contributed by atoms with van der Waals surface area (Å²) in [4.78, 5) is 4.28. The fraction of sp³-hybridized carbons (Fsp3) is 0.200. The Balaban J connectivity index is 1.48. The molecule has 0 amide bonds. The van der Waals surface area contributed by atoms with Crippen LogP contribution >= 0.6 is 0 Å². The number of aromatic nitrogens is 1. The van der Waals surface area contributed by atoms with Crippen LogP contribution in [0, 0.1) is 25.2 Å². The number of hydrogen-bond acceptors (Lipinski definition) is 6. The van der Waals surface area contributed by atoms with Crippen molar-refractivity contribution in [3.8, 4) is 23.5 Å². The van der Waals surface area contributed by atoms with Gasteiger partial charge >= 0.3 is 0 Å². The third-order valence-electron chi connectivity index (χ3n) is 4.97. The first-order chi connectivity index (χ1) is 15.0. The van der Waals surface area contributed by atoms with Crippen molar-refractivity contribution in [2.75, 3.05) is 5.32 Å².